The number of hydrogen-bond donors (Lipinski definition) is 0. The highest BCUT2D eigenvalue weighted by Gasteiger charge is 2.16. The zero-order chi connectivity index (χ0) is 13.8. The first-order chi connectivity index (χ1) is 9.08. The van der Waals surface area contributed by atoms with E-state index in [1.54, 1.807) is 24.5 Å². The van der Waals surface area contributed by atoms with Crippen molar-refractivity contribution in [2.24, 2.45) is 0 Å². The van der Waals surface area contributed by atoms with Crippen molar-refractivity contribution in [3.63, 3.8) is 0 Å². The Hall–Kier alpha value is -1.62. The van der Waals surface area contributed by atoms with Crippen molar-refractivity contribution >= 4 is 21.7 Å². The van der Waals surface area contributed by atoms with E-state index in [2.05, 4.69) is 20.9 Å². The van der Waals surface area contributed by atoms with Crippen LogP contribution < -0.4 is 0 Å². The molecule has 1 aromatic carbocycles. The topological polar surface area (TPSA) is 30.0 Å². The lowest BCUT2D eigenvalue weighted by Crippen LogP contribution is -2.10. The van der Waals surface area contributed by atoms with E-state index >= 15 is 0 Å². The van der Waals surface area contributed by atoms with E-state index in [4.69, 9.17) is 0 Å². The molecule has 0 bridgehead atoms. The molecule has 19 heavy (non-hydrogen) atoms. The minimum absolute atomic E-state index is 0.133. The number of carbonyl (C=O) groups excluding carboxylic acids is 1. The Balaban J connectivity index is 2.14. The van der Waals surface area contributed by atoms with Crippen LogP contribution in [0.25, 0.3) is 0 Å². The lowest BCUT2D eigenvalue weighted by molar-refractivity contribution is -0.117. The van der Waals surface area contributed by atoms with E-state index in [-0.39, 0.29) is 28.7 Å². The van der Waals surface area contributed by atoms with Crippen LogP contribution in [0.15, 0.2) is 41.1 Å². The number of rotatable bonds is 4. The van der Waals surface area contributed by atoms with Gasteiger partial charge in [0.1, 0.15) is 17.4 Å². The molecule has 2 nitrogen and oxygen atoms in total. The van der Waals surface area contributed by atoms with Gasteiger partial charge in [-0.3, -0.25) is 9.78 Å². The summed E-state index contributed by atoms with van der Waals surface area (Å²) in [5.74, 6) is -1.67. The number of ketones is 1. The molecule has 0 saturated carbocycles. The molecule has 2 aromatic rings. The van der Waals surface area contributed by atoms with Gasteiger partial charge in [0, 0.05) is 30.8 Å². The summed E-state index contributed by atoms with van der Waals surface area (Å²) in [6.07, 6.45) is 3.01. The van der Waals surface area contributed by atoms with Gasteiger partial charge < -0.3 is 0 Å². The van der Waals surface area contributed by atoms with Gasteiger partial charge in [-0.15, -0.1) is 0 Å². The van der Waals surface area contributed by atoms with Gasteiger partial charge in [-0.05, 0) is 45.8 Å². The smallest absolute Gasteiger partial charge is 0.143 e. The minimum atomic E-state index is -0.719. The standard InChI is InChI=1S/C14H10BrF2NO/c15-12-1-2-13(16)11(14(12)17)8-10(19)7-9-3-5-18-6-4-9/h1-6H,7-8H2. The number of nitrogens with zero attached hydrogens (tertiary/aromatic N) is 1. The first kappa shape index (κ1) is 13.8. The number of pyridine rings is 1. The summed E-state index contributed by atoms with van der Waals surface area (Å²) in [5.41, 5.74) is 0.573. The minimum Gasteiger partial charge on any atom is -0.299 e. The number of hydrogen-bond acceptors (Lipinski definition) is 2. The van der Waals surface area contributed by atoms with Crippen LogP contribution in [-0.4, -0.2) is 10.8 Å². The summed E-state index contributed by atoms with van der Waals surface area (Å²) in [5, 5.41) is 0. The number of halogens is 3. The fourth-order valence-corrected chi connectivity index (χ4v) is 2.09. The van der Waals surface area contributed by atoms with Gasteiger partial charge in [0.2, 0.25) is 0 Å². The highest BCUT2D eigenvalue weighted by Crippen LogP contribution is 2.22. The number of aromatic nitrogens is 1. The normalized spacial score (nSPS) is 10.5. The molecular formula is C14H10BrF2NO. The molecular weight excluding hydrogens is 316 g/mol. The summed E-state index contributed by atoms with van der Waals surface area (Å²) in [7, 11) is 0. The highest BCUT2D eigenvalue weighted by atomic mass is 79.9. The summed E-state index contributed by atoms with van der Waals surface area (Å²) in [6.45, 7) is 0. The number of benzene rings is 1. The maximum absolute atomic E-state index is 13.7. The Bertz CT molecular complexity index is 602. The molecule has 1 aromatic heterocycles. The Labute approximate surface area is 117 Å². The summed E-state index contributed by atoms with van der Waals surface area (Å²) in [6, 6.07) is 5.82. The van der Waals surface area contributed by atoms with E-state index in [1.807, 2.05) is 0 Å². The van der Waals surface area contributed by atoms with E-state index in [1.165, 1.54) is 6.07 Å². The van der Waals surface area contributed by atoms with Crippen LogP contribution in [0.5, 0.6) is 0 Å². The Morgan fingerprint density at radius 3 is 2.47 bits per heavy atom. The molecule has 0 aliphatic rings. The zero-order valence-corrected chi connectivity index (χ0v) is 11.5. The SMILES string of the molecule is O=C(Cc1ccncc1)Cc1c(F)ccc(Br)c1F. The average Bonchev–Trinajstić information content (AvgIpc) is 2.40. The molecule has 0 radical (unpaired) electrons. The van der Waals surface area contributed by atoms with Gasteiger partial charge in [0.05, 0.1) is 4.47 Å². The zero-order valence-electron chi connectivity index (χ0n) is 9.87. The Morgan fingerprint density at radius 1 is 1.11 bits per heavy atom. The molecule has 0 aliphatic carbocycles. The van der Waals surface area contributed by atoms with Crippen LogP contribution in [0.4, 0.5) is 8.78 Å². The van der Waals surface area contributed by atoms with Crippen molar-refractivity contribution in [1.82, 2.24) is 4.98 Å². The van der Waals surface area contributed by atoms with Crippen molar-refractivity contribution in [2.45, 2.75) is 12.8 Å². The fraction of sp³-hybridized carbons (Fsp3) is 0.143. The largest absolute Gasteiger partial charge is 0.299 e. The monoisotopic (exact) mass is 325 g/mol. The quantitative estimate of drug-likeness (QED) is 0.805. The van der Waals surface area contributed by atoms with Gasteiger partial charge in [0.15, 0.2) is 0 Å². The summed E-state index contributed by atoms with van der Waals surface area (Å²) in [4.78, 5) is 15.7. The maximum atomic E-state index is 13.7. The number of carbonyl (C=O) groups is 1. The molecule has 2 rings (SSSR count). The predicted molar refractivity (Wildman–Crippen MR) is 70.7 cm³/mol. The summed E-state index contributed by atoms with van der Waals surface area (Å²) >= 11 is 2.98. The fourth-order valence-electron chi connectivity index (χ4n) is 1.72. The molecule has 0 saturated heterocycles. The first-order valence-corrected chi connectivity index (χ1v) is 6.40. The first-order valence-electron chi connectivity index (χ1n) is 5.61. The van der Waals surface area contributed by atoms with Crippen LogP contribution in [0, 0.1) is 11.6 Å². The predicted octanol–water partition coefficient (Wildman–Crippen LogP) is 3.48. The molecule has 0 N–H and O–H groups in total. The van der Waals surface area contributed by atoms with Gasteiger partial charge in [0.25, 0.3) is 0 Å². The Morgan fingerprint density at radius 2 is 1.79 bits per heavy atom. The van der Waals surface area contributed by atoms with Crippen molar-refractivity contribution in [1.29, 1.82) is 0 Å². The molecule has 0 unspecified atom stereocenters. The molecule has 0 amide bonds. The lowest BCUT2D eigenvalue weighted by Gasteiger charge is -2.06. The van der Waals surface area contributed by atoms with Gasteiger partial charge in [-0.1, -0.05) is 0 Å². The summed E-state index contributed by atoms with van der Waals surface area (Å²) < 4.78 is 27.4. The second kappa shape index (κ2) is 6.02. The van der Waals surface area contributed by atoms with Gasteiger partial charge in [-0.2, -0.15) is 0 Å². The van der Waals surface area contributed by atoms with Gasteiger partial charge >= 0.3 is 0 Å². The van der Waals surface area contributed by atoms with Crippen molar-refractivity contribution in [2.75, 3.05) is 0 Å². The highest BCUT2D eigenvalue weighted by molar-refractivity contribution is 9.10. The molecule has 0 aliphatic heterocycles. The van der Waals surface area contributed by atoms with Crippen LogP contribution >= 0.6 is 15.9 Å². The third-order valence-corrected chi connectivity index (χ3v) is 3.28. The molecule has 98 valence electrons. The van der Waals surface area contributed by atoms with E-state index in [9.17, 15) is 13.6 Å². The van der Waals surface area contributed by atoms with Crippen molar-refractivity contribution in [3.05, 3.63) is 63.9 Å². The number of Topliss-reactive ketones (excluding diaryl/α,β-unsaturated/α-hetero) is 1. The van der Waals surface area contributed by atoms with Crippen molar-refractivity contribution < 1.29 is 13.6 Å². The third-order valence-electron chi connectivity index (χ3n) is 2.66. The molecule has 0 atom stereocenters. The second-order valence-corrected chi connectivity index (χ2v) is 4.92. The lowest BCUT2D eigenvalue weighted by atomic mass is 10.0. The molecule has 5 heteroatoms. The van der Waals surface area contributed by atoms with Gasteiger partial charge in [-0.25, -0.2) is 8.78 Å². The second-order valence-electron chi connectivity index (χ2n) is 4.07. The van der Waals surface area contributed by atoms with Crippen LogP contribution in [-0.2, 0) is 17.6 Å². The van der Waals surface area contributed by atoms with E-state index < -0.39 is 11.6 Å². The molecule has 0 fully saturated rings. The van der Waals surface area contributed by atoms with E-state index in [0.717, 1.165) is 11.6 Å². The Kier molecular flexibility index (Phi) is 4.37. The van der Waals surface area contributed by atoms with Crippen LogP contribution in [0.1, 0.15) is 11.1 Å². The third kappa shape index (κ3) is 3.44. The van der Waals surface area contributed by atoms with E-state index in [0.29, 0.717) is 0 Å². The van der Waals surface area contributed by atoms with Crippen molar-refractivity contribution in [3.8, 4) is 0 Å². The maximum Gasteiger partial charge on any atom is 0.143 e. The average molecular weight is 326 g/mol. The molecule has 0 spiro atoms. The van der Waals surface area contributed by atoms with Crippen LogP contribution in [0.2, 0.25) is 0 Å². The molecule has 1 heterocycles. The van der Waals surface area contributed by atoms with Crippen LogP contribution in [0.3, 0.4) is 0 Å².